The first kappa shape index (κ1) is 33.3. The maximum Gasteiger partial charge on any atom is 0.152 e. The van der Waals surface area contributed by atoms with Crippen molar-refractivity contribution in [2.24, 2.45) is 0 Å². The van der Waals surface area contributed by atoms with E-state index in [-0.39, 0.29) is 0 Å². The van der Waals surface area contributed by atoms with Gasteiger partial charge in [0.2, 0.25) is 0 Å². The number of benzene rings is 10. The summed E-state index contributed by atoms with van der Waals surface area (Å²) in [6, 6.07) is 78.8. The van der Waals surface area contributed by atoms with Gasteiger partial charge in [-0.3, -0.25) is 0 Å². The van der Waals surface area contributed by atoms with E-state index in [9.17, 15) is 0 Å². The highest BCUT2D eigenvalue weighted by molar-refractivity contribution is 6.13. The minimum atomic E-state index is 0.872. The average Bonchev–Trinajstić information content (AvgIpc) is 3.65. The predicted octanol–water partition coefficient (Wildman–Crippen LogP) is 15.7. The highest BCUT2D eigenvalue weighted by atomic mass is 16.5. The largest absolute Gasteiger partial charge is 0.453 e. The van der Waals surface area contributed by atoms with Crippen LogP contribution in [0.1, 0.15) is 0 Å². The van der Waals surface area contributed by atoms with Gasteiger partial charge in [-0.1, -0.05) is 152 Å². The van der Waals surface area contributed by atoms with Crippen LogP contribution in [0.2, 0.25) is 0 Å². The molecule has 10 aromatic carbocycles. The molecule has 1 aliphatic heterocycles. The molecule has 0 unspecified atom stereocenters. The van der Waals surface area contributed by atoms with Crippen LogP contribution in [0, 0.1) is 0 Å². The van der Waals surface area contributed by atoms with Crippen molar-refractivity contribution in [3.05, 3.63) is 218 Å². The summed E-state index contributed by atoms with van der Waals surface area (Å²) in [5.74, 6) is 1.76. The fraction of sp³-hybridized carbons (Fsp3) is 0. The zero-order chi connectivity index (χ0) is 38.9. The van der Waals surface area contributed by atoms with Crippen molar-refractivity contribution in [2.45, 2.75) is 0 Å². The van der Waals surface area contributed by atoms with Gasteiger partial charge < -0.3 is 14.2 Å². The first-order chi connectivity index (χ1) is 29.2. The molecule has 0 amide bonds. The third-order valence-electron chi connectivity index (χ3n) is 11.9. The van der Waals surface area contributed by atoms with E-state index < -0.39 is 0 Å². The third-order valence-corrected chi connectivity index (χ3v) is 11.9. The lowest BCUT2D eigenvalue weighted by Gasteiger charge is -2.28. The Kier molecular flexibility index (Phi) is 7.54. The molecule has 11 aromatic rings. The molecule has 0 spiro atoms. The second-order valence-corrected chi connectivity index (χ2v) is 15.3. The van der Waals surface area contributed by atoms with E-state index in [0.717, 1.165) is 50.9 Å². The lowest BCUT2D eigenvalue weighted by atomic mass is 9.97. The minimum Gasteiger partial charge on any atom is -0.453 e. The first-order valence-electron chi connectivity index (χ1n) is 20.2. The van der Waals surface area contributed by atoms with Gasteiger partial charge >= 0.3 is 0 Å². The number of fused-ring (bicyclic) bond motifs is 8. The van der Waals surface area contributed by atoms with E-state index >= 15 is 0 Å². The van der Waals surface area contributed by atoms with E-state index in [0.29, 0.717) is 0 Å². The second kappa shape index (κ2) is 13.4. The molecule has 0 saturated carbocycles. The lowest BCUT2D eigenvalue weighted by molar-refractivity contribution is 0.476. The van der Waals surface area contributed by atoms with Crippen LogP contribution in [0.5, 0.6) is 11.5 Å². The van der Waals surface area contributed by atoms with Gasteiger partial charge in [0, 0.05) is 27.7 Å². The van der Waals surface area contributed by atoms with Gasteiger partial charge in [-0.15, -0.1) is 0 Å². The number of rotatable bonds is 6. The number of hydrogen-bond acceptors (Lipinski definition) is 2. The van der Waals surface area contributed by atoms with Crippen molar-refractivity contribution in [1.29, 1.82) is 0 Å². The number of para-hydroxylation sites is 4. The molecule has 1 aliphatic rings. The Morgan fingerprint density at radius 3 is 1.95 bits per heavy atom. The smallest absolute Gasteiger partial charge is 0.152 e. The van der Waals surface area contributed by atoms with Gasteiger partial charge in [-0.2, -0.15) is 0 Å². The zero-order valence-electron chi connectivity index (χ0n) is 32.1. The molecule has 0 atom stereocenters. The van der Waals surface area contributed by atoms with Gasteiger partial charge in [0.05, 0.1) is 22.4 Å². The van der Waals surface area contributed by atoms with E-state index in [1.165, 1.54) is 60.1 Å². The van der Waals surface area contributed by atoms with Crippen molar-refractivity contribution in [3.8, 4) is 50.6 Å². The van der Waals surface area contributed by atoms with Gasteiger partial charge in [-0.25, -0.2) is 0 Å². The molecule has 2 heterocycles. The SMILES string of the molecule is c1ccc(-c2ccccc2N(c2ccc(-c3ccc4c(ccc5ccccc54)c3)cc2)c2cccc(-c3ccc4c(c3)c3cccc5c3n4-c3ccccc3O5)c2)cc1. The van der Waals surface area contributed by atoms with Crippen molar-refractivity contribution >= 4 is 60.4 Å². The average molecular weight is 753 g/mol. The van der Waals surface area contributed by atoms with Gasteiger partial charge in [0.25, 0.3) is 0 Å². The standard InChI is InChI=1S/C56H36N2O/c1-2-12-38(13-3-1)48-18-6-7-20-51(48)57(44-30-26-37(27-31-44)41-28-32-47-43(34-41)25-24-39-14-4-5-17-46(39)47)45-16-10-15-40(35-45)42-29-33-52-50(36-42)49-19-11-23-55-56(49)58(52)53-21-8-9-22-54(53)59-55/h1-36H. The fourth-order valence-corrected chi connectivity index (χ4v) is 9.17. The maximum atomic E-state index is 6.40. The van der Waals surface area contributed by atoms with Crippen molar-refractivity contribution in [2.75, 3.05) is 4.90 Å². The molecule has 0 radical (unpaired) electrons. The Morgan fingerprint density at radius 2 is 1.02 bits per heavy atom. The van der Waals surface area contributed by atoms with Gasteiger partial charge in [0.1, 0.15) is 0 Å². The number of anilines is 3. The molecule has 0 aliphatic carbocycles. The molecule has 12 rings (SSSR count). The second-order valence-electron chi connectivity index (χ2n) is 15.3. The number of nitrogens with zero attached hydrogens (tertiary/aromatic N) is 2. The molecule has 1 aromatic heterocycles. The number of aromatic nitrogens is 1. The number of hydrogen-bond donors (Lipinski definition) is 0. The Labute approximate surface area is 342 Å². The van der Waals surface area contributed by atoms with E-state index in [1.54, 1.807) is 0 Å². The van der Waals surface area contributed by atoms with Crippen molar-refractivity contribution < 1.29 is 4.74 Å². The quantitative estimate of drug-likeness (QED) is 0.157. The summed E-state index contributed by atoms with van der Waals surface area (Å²) in [6.45, 7) is 0. The van der Waals surface area contributed by atoms with Crippen LogP contribution in [0.4, 0.5) is 17.1 Å². The molecule has 3 heteroatoms. The van der Waals surface area contributed by atoms with Crippen LogP contribution in [0.25, 0.3) is 82.4 Å². The highest BCUT2D eigenvalue weighted by Crippen LogP contribution is 2.47. The van der Waals surface area contributed by atoms with E-state index in [2.05, 4.69) is 216 Å². The van der Waals surface area contributed by atoms with Crippen LogP contribution >= 0.6 is 0 Å². The summed E-state index contributed by atoms with van der Waals surface area (Å²) >= 11 is 0. The monoisotopic (exact) mass is 752 g/mol. The molecule has 276 valence electrons. The van der Waals surface area contributed by atoms with Crippen LogP contribution < -0.4 is 9.64 Å². The molecule has 0 N–H and O–H groups in total. The fourth-order valence-electron chi connectivity index (χ4n) is 9.17. The predicted molar refractivity (Wildman–Crippen MR) is 247 cm³/mol. The van der Waals surface area contributed by atoms with Crippen LogP contribution in [-0.2, 0) is 0 Å². The van der Waals surface area contributed by atoms with Crippen molar-refractivity contribution in [3.63, 3.8) is 0 Å². The topological polar surface area (TPSA) is 17.4 Å². The molecule has 0 fully saturated rings. The maximum absolute atomic E-state index is 6.40. The Balaban J connectivity index is 0.982. The third kappa shape index (κ3) is 5.44. The Morgan fingerprint density at radius 1 is 0.356 bits per heavy atom. The summed E-state index contributed by atoms with van der Waals surface area (Å²) in [5, 5.41) is 7.46. The van der Waals surface area contributed by atoms with Gasteiger partial charge in [-0.05, 0) is 116 Å². The Hall–Kier alpha value is -7.88. The minimum absolute atomic E-state index is 0.872. The molecule has 0 bridgehead atoms. The summed E-state index contributed by atoms with van der Waals surface area (Å²) in [6.07, 6.45) is 0. The van der Waals surface area contributed by atoms with Crippen molar-refractivity contribution in [1.82, 2.24) is 4.57 Å². The summed E-state index contributed by atoms with van der Waals surface area (Å²) < 4.78 is 8.75. The van der Waals surface area contributed by atoms with Crippen LogP contribution in [-0.4, -0.2) is 4.57 Å². The molecular formula is C56H36N2O. The first-order valence-corrected chi connectivity index (χ1v) is 20.2. The lowest BCUT2D eigenvalue weighted by Crippen LogP contribution is -2.11. The van der Waals surface area contributed by atoms with E-state index in [1.807, 2.05) is 12.1 Å². The van der Waals surface area contributed by atoms with Crippen LogP contribution in [0.3, 0.4) is 0 Å². The molecular weight excluding hydrogens is 717 g/mol. The summed E-state index contributed by atoms with van der Waals surface area (Å²) in [7, 11) is 0. The summed E-state index contributed by atoms with van der Waals surface area (Å²) in [5.41, 5.74) is 13.7. The zero-order valence-corrected chi connectivity index (χ0v) is 32.1. The molecule has 3 nitrogen and oxygen atoms in total. The summed E-state index contributed by atoms with van der Waals surface area (Å²) in [4.78, 5) is 2.40. The van der Waals surface area contributed by atoms with Crippen LogP contribution in [0.15, 0.2) is 218 Å². The Bertz CT molecular complexity index is 3420. The normalized spacial score (nSPS) is 11.9. The number of ether oxygens (including phenoxy) is 1. The molecule has 0 saturated heterocycles. The highest BCUT2D eigenvalue weighted by Gasteiger charge is 2.24. The molecule has 59 heavy (non-hydrogen) atoms. The van der Waals surface area contributed by atoms with E-state index in [4.69, 9.17) is 4.74 Å². The van der Waals surface area contributed by atoms with Gasteiger partial charge in [0.15, 0.2) is 11.5 Å².